The third-order valence-electron chi connectivity index (χ3n) is 5.90. The molecular weight excluding hydrogens is 447 g/mol. The second kappa shape index (κ2) is 8.64. The van der Waals surface area contributed by atoms with Crippen LogP contribution in [0.2, 0.25) is 0 Å². The number of hydrogen-bond acceptors (Lipinski definition) is 4. The van der Waals surface area contributed by atoms with Gasteiger partial charge in [0.25, 0.3) is 11.6 Å². The topological polar surface area (TPSA) is 82.1 Å². The summed E-state index contributed by atoms with van der Waals surface area (Å²) >= 11 is 0. The minimum Gasteiger partial charge on any atom is -0.858 e. The molecule has 2 aromatic carbocycles. The third-order valence-corrected chi connectivity index (χ3v) is 5.90. The molecule has 7 nitrogen and oxygen atoms in total. The first-order valence-corrected chi connectivity index (χ1v) is 11.1. The molecule has 0 radical (unpaired) electrons. The van der Waals surface area contributed by atoms with Crippen LogP contribution in [0.25, 0.3) is 17.0 Å². The van der Waals surface area contributed by atoms with Crippen LogP contribution in [0.5, 0.6) is 5.88 Å². The first kappa shape index (κ1) is 22.2. The number of halogens is 1. The summed E-state index contributed by atoms with van der Waals surface area (Å²) < 4.78 is 16.1. The molecular formula is C27H21FN4O3. The average Bonchev–Trinajstić information content (AvgIpc) is 3.33. The van der Waals surface area contributed by atoms with Crippen LogP contribution < -0.4 is 14.6 Å². The van der Waals surface area contributed by atoms with Crippen molar-refractivity contribution in [2.75, 3.05) is 4.90 Å². The number of aryl methyl sites for hydroxylation is 2. The minimum absolute atomic E-state index is 0.0120. The highest BCUT2D eigenvalue weighted by molar-refractivity contribution is 6.53. The number of carbonyl (C=O) groups excluding carboxylic acids is 2. The van der Waals surface area contributed by atoms with E-state index in [4.69, 9.17) is 0 Å². The largest absolute Gasteiger partial charge is 0.858 e. The summed E-state index contributed by atoms with van der Waals surface area (Å²) in [6, 6.07) is 17.6. The Bertz CT molecular complexity index is 1470. The summed E-state index contributed by atoms with van der Waals surface area (Å²) in [7, 11) is 0. The van der Waals surface area contributed by atoms with Crippen molar-refractivity contribution in [1.29, 1.82) is 0 Å². The van der Waals surface area contributed by atoms with E-state index >= 15 is 0 Å². The van der Waals surface area contributed by atoms with Gasteiger partial charge in [-0.25, -0.2) is 14.0 Å². The van der Waals surface area contributed by atoms with E-state index in [1.54, 1.807) is 42.7 Å². The third kappa shape index (κ3) is 3.69. The molecule has 0 atom stereocenters. The Kier molecular flexibility index (Phi) is 5.49. The highest BCUT2D eigenvalue weighted by Gasteiger charge is 2.47. The van der Waals surface area contributed by atoms with Gasteiger partial charge in [0.05, 0.1) is 17.1 Å². The number of nitrogens with zero attached hydrogens (tertiary/aromatic N) is 4. The number of hydrogen-bond donors (Lipinski definition) is 0. The molecule has 1 aliphatic rings. The summed E-state index contributed by atoms with van der Waals surface area (Å²) in [6.07, 6.45) is 3.65. The van der Waals surface area contributed by atoms with Gasteiger partial charge < -0.3 is 5.11 Å². The number of aromatic nitrogens is 3. The van der Waals surface area contributed by atoms with Crippen LogP contribution in [0.15, 0.2) is 79.1 Å². The van der Waals surface area contributed by atoms with E-state index in [2.05, 4.69) is 5.10 Å². The predicted octanol–water partition coefficient (Wildman–Crippen LogP) is 3.19. The lowest BCUT2D eigenvalue weighted by Gasteiger charge is -2.16. The van der Waals surface area contributed by atoms with E-state index in [1.807, 2.05) is 26.0 Å². The monoisotopic (exact) mass is 468 g/mol. The second-order valence-electron chi connectivity index (χ2n) is 8.16. The summed E-state index contributed by atoms with van der Waals surface area (Å²) in [5.41, 5.74) is 2.24. The van der Waals surface area contributed by atoms with E-state index < -0.39 is 23.5 Å². The lowest BCUT2D eigenvalue weighted by atomic mass is 10.0. The van der Waals surface area contributed by atoms with Gasteiger partial charge in [-0.2, -0.15) is 9.67 Å². The van der Waals surface area contributed by atoms with Crippen molar-refractivity contribution in [3.8, 4) is 11.6 Å². The molecule has 174 valence electrons. The number of imide groups is 1. The minimum atomic E-state index is -0.601. The Labute approximate surface area is 201 Å². The second-order valence-corrected chi connectivity index (χ2v) is 8.16. The van der Waals surface area contributed by atoms with Crippen LogP contribution in [0.1, 0.15) is 23.7 Å². The normalized spacial score (nSPS) is 13.7. The number of benzene rings is 2. The van der Waals surface area contributed by atoms with Gasteiger partial charge in [-0.15, -0.1) is 0 Å². The van der Waals surface area contributed by atoms with Gasteiger partial charge in [0.1, 0.15) is 11.4 Å². The van der Waals surface area contributed by atoms with Crippen molar-refractivity contribution >= 4 is 28.8 Å². The fourth-order valence-electron chi connectivity index (χ4n) is 4.16. The number of anilines is 1. The molecule has 5 rings (SSSR count). The highest BCUT2D eigenvalue weighted by Crippen LogP contribution is 2.38. The fraction of sp³-hybridized carbons (Fsp3) is 0.111. The van der Waals surface area contributed by atoms with E-state index in [9.17, 15) is 19.1 Å². The molecule has 35 heavy (non-hydrogen) atoms. The highest BCUT2D eigenvalue weighted by atomic mass is 19.1. The molecule has 1 aliphatic heterocycles. The van der Waals surface area contributed by atoms with Crippen molar-refractivity contribution in [3.63, 3.8) is 0 Å². The van der Waals surface area contributed by atoms with Crippen LogP contribution in [-0.2, 0) is 16.0 Å². The van der Waals surface area contributed by atoms with Crippen molar-refractivity contribution in [2.45, 2.75) is 20.3 Å². The van der Waals surface area contributed by atoms with E-state index in [1.165, 1.54) is 28.8 Å². The molecule has 0 fully saturated rings. The van der Waals surface area contributed by atoms with Crippen molar-refractivity contribution in [3.05, 3.63) is 102 Å². The molecule has 2 aromatic heterocycles. The van der Waals surface area contributed by atoms with Crippen molar-refractivity contribution < 1.29 is 23.7 Å². The van der Waals surface area contributed by atoms with Crippen LogP contribution in [0.3, 0.4) is 0 Å². The first-order valence-electron chi connectivity index (χ1n) is 11.1. The summed E-state index contributed by atoms with van der Waals surface area (Å²) in [6.45, 7) is 3.72. The zero-order chi connectivity index (χ0) is 24.7. The maximum absolute atomic E-state index is 13.8. The quantitative estimate of drug-likeness (QED) is 0.333. The Hall–Kier alpha value is -4.59. The average molecular weight is 468 g/mol. The molecule has 0 bridgehead atoms. The molecule has 0 unspecified atom stereocenters. The molecule has 4 aromatic rings. The fourth-order valence-corrected chi connectivity index (χ4v) is 4.16. The van der Waals surface area contributed by atoms with Gasteiger partial charge in [-0.1, -0.05) is 30.7 Å². The summed E-state index contributed by atoms with van der Waals surface area (Å²) in [5, 5.41) is 18.0. The Morgan fingerprint density at radius 1 is 0.914 bits per heavy atom. The number of rotatable bonds is 5. The van der Waals surface area contributed by atoms with Crippen molar-refractivity contribution in [2.24, 2.45) is 0 Å². The molecule has 0 spiro atoms. The van der Waals surface area contributed by atoms with Gasteiger partial charge in [-0.3, -0.25) is 9.59 Å². The van der Waals surface area contributed by atoms with E-state index in [0.29, 0.717) is 23.5 Å². The maximum atomic E-state index is 13.8. The molecule has 0 N–H and O–H groups in total. The number of pyridine rings is 1. The Morgan fingerprint density at radius 2 is 1.54 bits per heavy atom. The van der Waals surface area contributed by atoms with Gasteiger partial charge in [0.2, 0.25) is 0 Å². The summed E-state index contributed by atoms with van der Waals surface area (Å²) in [5.74, 6) is -2.14. The molecule has 8 heteroatoms. The number of carbonyl (C=O) groups is 2. The van der Waals surface area contributed by atoms with Crippen LogP contribution >= 0.6 is 0 Å². The molecule has 0 saturated heterocycles. The maximum Gasteiger partial charge on any atom is 0.331 e. The molecule has 0 saturated carbocycles. The van der Waals surface area contributed by atoms with Gasteiger partial charge in [0.15, 0.2) is 12.4 Å². The van der Waals surface area contributed by atoms with Gasteiger partial charge >= 0.3 is 5.91 Å². The smallest absolute Gasteiger partial charge is 0.331 e. The lowest BCUT2D eigenvalue weighted by molar-refractivity contribution is -0.576. The van der Waals surface area contributed by atoms with Gasteiger partial charge in [0, 0.05) is 17.7 Å². The standard InChI is InChI=1S/C27H21FN4O3/c1-3-21-22(26(34)32(29-21)20-13-9-18(28)10-14-20)23-24(30-15-5-4-6-16-30)27(35)31(25(23)33)19-11-7-17(2)8-12-19/h4-16H,3H2,1-2H3. The van der Waals surface area contributed by atoms with E-state index in [-0.39, 0.29) is 16.8 Å². The number of amides is 2. The SMILES string of the molecule is CCc1nn(-c2ccc(F)cc2)c([O-])c1C1=C([n+]2ccccc2)C(=O)N(c2ccc(C)cc2)C1=O. The van der Waals surface area contributed by atoms with Crippen LogP contribution in [0.4, 0.5) is 10.1 Å². The molecule has 2 amide bonds. The molecule has 3 heterocycles. The zero-order valence-electron chi connectivity index (χ0n) is 19.1. The lowest BCUT2D eigenvalue weighted by Crippen LogP contribution is -2.39. The van der Waals surface area contributed by atoms with E-state index in [0.717, 1.165) is 15.1 Å². The molecule has 0 aliphatic carbocycles. The Balaban J connectivity index is 1.75. The van der Waals surface area contributed by atoms with Crippen LogP contribution in [0, 0.1) is 12.7 Å². The Morgan fingerprint density at radius 3 is 2.17 bits per heavy atom. The van der Waals surface area contributed by atoms with Gasteiger partial charge in [-0.05, 0) is 55.6 Å². The predicted molar refractivity (Wildman–Crippen MR) is 126 cm³/mol. The van der Waals surface area contributed by atoms with Crippen LogP contribution in [-0.4, -0.2) is 21.6 Å². The zero-order valence-corrected chi connectivity index (χ0v) is 19.1. The van der Waals surface area contributed by atoms with Crippen molar-refractivity contribution in [1.82, 2.24) is 9.78 Å². The summed E-state index contributed by atoms with van der Waals surface area (Å²) in [4.78, 5) is 28.6. The first-order chi connectivity index (χ1) is 16.9.